The Bertz CT molecular complexity index is 654. The summed E-state index contributed by atoms with van der Waals surface area (Å²) >= 11 is 6.10. The fourth-order valence-corrected chi connectivity index (χ4v) is 2.97. The van der Waals surface area contributed by atoms with Crippen LogP contribution in [-0.2, 0) is 24.4 Å². The quantitative estimate of drug-likeness (QED) is 0.793. The number of halogens is 2. The smallest absolute Gasteiger partial charge is 0.240 e. The van der Waals surface area contributed by atoms with Crippen LogP contribution in [0.25, 0.3) is 0 Å². The fourth-order valence-electron chi connectivity index (χ4n) is 2.75. The van der Waals surface area contributed by atoms with Crippen LogP contribution in [0.15, 0.2) is 22.7 Å². The summed E-state index contributed by atoms with van der Waals surface area (Å²) in [6.45, 7) is 4.87. The number of nitrogens with zero attached hydrogens (tertiary/aromatic N) is 4. The van der Waals surface area contributed by atoms with Gasteiger partial charge in [0.2, 0.25) is 5.89 Å². The lowest BCUT2D eigenvalue weighted by atomic mass is 10.2. The number of methoxy groups -OCH3 is 1. The van der Waals surface area contributed by atoms with Gasteiger partial charge in [-0.05, 0) is 12.1 Å². The van der Waals surface area contributed by atoms with Crippen molar-refractivity contribution in [1.82, 2.24) is 19.9 Å². The van der Waals surface area contributed by atoms with Crippen molar-refractivity contribution in [3.05, 3.63) is 46.3 Å². The Labute approximate surface area is 145 Å². The molecule has 0 bridgehead atoms. The first-order chi connectivity index (χ1) is 11.7. The standard InChI is InChI=1S/C16H20ClFN4O2/c1-23-11-15-19-16(24-20-15)10-22-7-5-21(6-8-22)9-12-13(17)3-2-4-14(12)18/h2-4H,5-11H2,1H3. The van der Waals surface area contributed by atoms with Crippen molar-refractivity contribution >= 4 is 11.6 Å². The topological polar surface area (TPSA) is 54.6 Å². The largest absolute Gasteiger partial charge is 0.377 e. The summed E-state index contributed by atoms with van der Waals surface area (Å²) in [4.78, 5) is 8.72. The summed E-state index contributed by atoms with van der Waals surface area (Å²) in [7, 11) is 1.59. The van der Waals surface area contributed by atoms with Gasteiger partial charge in [0.25, 0.3) is 0 Å². The molecule has 0 amide bonds. The normalized spacial score (nSPS) is 16.6. The molecule has 8 heteroatoms. The average Bonchev–Trinajstić information content (AvgIpc) is 3.00. The first-order valence-electron chi connectivity index (χ1n) is 7.83. The van der Waals surface area contributed by atoms with E-state index in [1.54, 1.807) is 19.2 Å². The molecule has 3 rings (SSSR count). The van der Waals surface area contributed by atoms with Gasteiger partial charge in [-0.2, -0.15) is 4.98 Å². The van der Waals surface area contributed by atoms with Gasteiger partial charge in [0, 0.05) is 50.4 Å². The molecule has 0 saturated carbocycles. The second kappa shape index (κ2) is 8.02. The van der Waals surface area contributed by atoms with Crippen LogP contribution in [0.3, 0.4) is 0 Å². The van der Waals surface area contributed by atoms with Gasteiger partial charge in [0.1, 0.15) is 12.4 Å². The van der Waals surface area contributed by atoms with Crippen molar-refractivity contribution in [2.45, 2.75) is 19.7 Å². The fraction of sp³-hybridized carbons (Fsp3) is 0.500. The van der Waals surface area contributed by atoms with Gasteiger partial charge >= 0.3 is 0 Å². The molecule has 2 heterocycles. The summed E-state index contributed by atoms with van der Waals surface area (Å²) in [6.07, 6.45) is 0. The number of benzene rings is 1. The van der Waals surface area contributed by atoms with Crippen LogP contribution in [0.2, 0.25) is 5.02 Å². The highest BCUT2D eigenvalue weighted by molar-refractivity contribution is 6.31. The van der Waals surface area contributed by atoms with Gasteiger partial charge in [0.05, 0.1) is 6.54 Å². The maximum atomic E-state index is 13.9. The van der Waals surface area contributed by atoms with E-state index in [-0.39, 0.29) is 5.82 Å². The van der Waals surface area contributed by atoms with E-state index in [1.807, 2.05) is 0 Å². The minimum absolute atomic E-state index is 0.249. The maximum absolute atomic E-state index is 13.9. The number of hydrogen-bond donors (Lipinski definition) is 0. The predicted molar refractivity (Wildman–Crippen MR) is 87.0 cm³/mol. The number of rotatable bonds is 6. The van der Waals surface area contributed by atoms with E-state index in [1.165, 1.54) is 6.07 Å². The molecule has 2 aromatic rings. The van der Waals surface area contributed by atoms with Crippen molar-refractivity contribution in [2.24, 2.45) is 0 Å². The second-order valence-corrected chi connectivity index (χ2v) is 6.20. The van der Waals surface area contributed by atoms with Gasteiger partial charge in [-0.1, -0.05) is 22.8 Å². The molecule has 1 saturated heterocycles. The molecule has 1 aliphatic heterocycles. The molecule has 0 atom stereocenters. The van der Waals surface area contributed by atoms with E-state index in [0.717, 1.165) is 26.2 Å². The molecule has 0 N–H and O–H groups in total. The Hall–Kier alpha value is -1.54. The van der Waals surface area contributed by atoms with E-state index < -0.39 is 0 Å². The molecule has 0 unspecified atom stereocenters. The van der Waals surface area contributed by atoms with Crippen molar-refractivity contribution in [3.8, 4) is 0 Å². The van der Waals surface area contributed by atoms with Crippen LogP contribution in [-0.4, -0.2) is 53.2 Å². The molecular formula is C16H20ClFN4O2. The molecule has 1 aromatic carbocycles. The van der Waals surface area contributed by atoms with Gasteiger partial charge in [-0.25, -0.2) is 4.39 Å². The zero-order chi connectivity index (χ0) is 16.9. The highest BCUT2D eigenvalue weighted by atomic mass is 35.5. The summed E-state index contributed by atoms with van der Waals surface area (Å²) in [5.74, 6) is 0.898. The van der Waals surface area contributed by atoms with Crippen molar-refractivity contribution in [3.63, 3.8) is 0 Å². The minimum Gasteiger partial charge on any atom is -0.377 e. The molecule has 130 valence electrons. The third-order valence-corrected chi connectivity index (χ3v) is 4.40. The van der Waals surface area contributed by atoms with Crippen LogP contribution in [0.5, 0.6) is 0 Å². The summed E-state index contributed by atoms with van der Waals surface area (Å²) in [5.41, 5.74) is 0.564. The number of aromatic nitrogens is 2. The zero-order valence-corrected chi connectivity index (χ0v) is 14.3. The Morgan fingerprint density at radius 3 is 2.58 bits per heavy atom. The predicted octanol–water partition coefficient (Wildman–Crippen LogP) is 2.33. The molecule has 24 heavy (non-hydrogen) atoms. The van der Waals surface area contributed by atoms with Crippen molar-refractivity contribution < 1.29 is 13.7 Å². The molecular weight excluding hydrogens is 335 g/mol. The SMILES string of the molecule is COCc1noc(CN2CCN(Cc3c(F)cccc3Cl)CC2)n1. The number of hydrogen-bond acceptors (Lipinski definition) is 6. The monoisotopic (exact) mass is 354 g/mol. The van der Waals surface area contributed by atoms with E-state index in [0.29, 0.717) is 42.0 Å². The highest BCUT2D eigenvalue weighted by Gasteiger charge is 2.21. The third-order valence-electron chi connectivity index (χ3n) is 4.05. The highest BCUT2D eigenvalue weighted by Crippen LogP contribution is 2.21. The summed E-state index contributed by atoms with van der Waals surface area (Å²) < 4.78 is 24.1. The minimum atomic E-state index is -0.249. The molecule has 0 spiro atoms. The first kappa shape index (κ1) is 17.3. The molecule has 1 fully saturated rings. The van der Waals surface area contributed by atoms with Gasteiger partial charge < -0.3 is 9.26 Å². The Kier molecular flexibility index (Phi) is 5.78. The van der Waals surface area contributed by atoms with Gasteiger partial charge in [0.15, 0.2) is 5.82 Å². The van der Waals surface area contributed by atoms with Crippen LogP contribution in [0, 0.1) is 5.82 Å². The van der Waals surface area contributed by atoms with E-state index >= 15 is 0 Å². The van der Waals surface area contributed by atoms with Gasteiger partial charge in [-0.3, -0.25) is 9.80 Å². The van der Waals surface area contributed by atoms with Crippen molar-refractivity contribution in [2.75, 3.05) is 33.3 Å². The summed E-state index contributed by atoms with van der Waals surface area (Å²) in [6, 6.07) is 4.80. The van der Waals surface area contributed by atoms with E-state index in [9.17, 15) is 4.39 Å². The van der Waals surface area contributed by atoms with Crippen LogP contribution in [0.1, 0.15) is 17.3 Å². The Morgan fingerprint density at radius 2 is 1.92 bits per heavy atom. The Morgan fingerprint density at radius 1 is 1.21 bits per heavy atom. The third kappa shape index (κ3) is 4.30. The van der Waals surface area contributed by atoms with E-state index in [4.69, 9.17) is 20.9 Å². The maximum Gasteiger partial charge on any atom is 0.240 e. The van der Waals surface area contributed by atoms with Gasteiger partial charge in [-0.15, -0.1) is 0 Å². The Balaban J connectivity index is 1.50. The first-order valence-corrected chi connectivity index (χ1v) is 8.21. The van der Waals surface area contributed by atoms with Crippen LogP contribution < -0.4 is 0 Å². The summed E-state index contributed by atoms with van der Waals surface area (Å²) in [5, 5.41) is 4.34. The lowest BCUT2D eigenvalue weighted by molar-refractivity contribution is 0.111. The number of piperazine rings is 1. The number of ether oxygens (including phenoxy) is 1. The molecule has 1 aromatic heterocycles. The average molecular weight is 355 g/mol. The zero-order valence-electron chi connectivity index (χ0n) is 13.5. The van der Waals surface area contributed by atoms with Crippen LogP contribution >= 0.6 is 11.6 Å². The molecule has 1 aliphatic rings. The molecule has 0 radical (unpaired) electrons. The lowest BCUT2D eigenvalue weighted by Crippen LogP contribution is -2.45. The van der Waals surface area contributed by atoms with E-state index in [2.05, 4.69) is 19.9 Å². The second-order valence-electron chi connectivity index (χ2n) is 5.79. The lowest BCUT2D eigenvalue weighted by Gasteiger charge is -2.34. The molecule has 0 aliphatic carbocycles. The van der Waals surface area contributed by atoms with Crippen molar-refractivity contribution in [1.29, 1.82) is 0 Å². The molecule has 6 nitrogen and oxygen atoms in total. The van der Waals surface area contributed by atoms with Crippen LogP contribution in [0.4, 0.5) is 4.39 Å².